The zero-order valence-electron chi connectivity index (χ0n) is 10.7. The molecular weight excluding hydrogens is 240 g/mol. The van der Waals surface area contributed by atoms with Crippen LogP contribution >= 0.6 is 0 Å². The summed E-state index contributed by atoms with van der Waals surface area (Å²) in [5, 5.41) is 2.97. The number of hydrogen-bond acceptors (Lipinski definition) is 3. The van der Waals surface area contributed by atoms with Gasteiger partial charge in [0.2, 0.25) is 0 Å². The van der Waals surface area contributed by atoms with Crippen molar-refractivity contribution >= 4 is 5.91 Å². The Morgan fingerprint density at radius 1 is 1.37 bits per heavy atom. The van der Waals surface area contributed by atoms with Gasteiger partial charge >= 0.3 is 0 Å². The number of hydrogen-bond donors (Lipinski definition) is 2. The highest BCUT2D eigenvalue weighted by molar-refractivity contribution is 5.93. The van der Waals surface area contributed by atoms with Crippen molar-refractivity contribution in [3.8, 4) is 0 Å². The van der Waals surface area contributed by atoms with E-state index in [-0.39, 0.29) is 18.0 Å². The van der Waals surface area contributed by atoms with E-state index in [9.17, 15) is 4.79 Å². The van der Waals surface area contributed by atoms with E-state index in [0.29, 0.717) is 5.76 Å². The summed E-state index contributed by atoms with van der Waals surface area (Å²) >= 11 is 0. The number of benzene rings is 1. The molecule has 1 aromatic heterocycles. The van der Waals surface area contributed by atoms with E-state index in [1.165, 1.54) is 11.8 Å². The lowest BCUT2D eigenvalue weighted by atomic mass is 10.1. The molecule has 19 heavy (non-hydrogen) atoms. The monoisotopic (exact) mass is 256 g/mol. The Kier molecular flexibility index (Phi) is 2.87. The van der Waals surface area contributed by atoms with Gasteiger partial charge in [-0.3, -0.25) is 4.79 Å². The van der Waals surface area contributed by atoms with Crippen molar-refractivity contribution in [1.82, 2.24) is 5.32 Å². The molecule has 4 heteroatoms. The number of amides is 1. The van der Waals surface area contributed by atoms with Crippen LogP contribution in [-0.4, -0.2) is 11.9 Å². The smallest absolute Gasteiger partial charge is 0.287 e. The number of nitrogens with two attached hydrogens (primary N) is 1. The van der Waals surface area contributed by atoms with Crippen LogP contribution in [0.2, 0.25) is 0 Å². The summed E-state index contributed by atoms with van der Waals surface area (Å²) in [5.74, 6) is 0.149. The lowest BCUT2D eigenvalue weighted by molar-refractivity contribution is 0.0904. The van der Waals surface area contributed by atoms with Gasteiger partial charge in [-0.2, -0.15) is 0 Å². The zero-order valence-corrected chi connectivity index (χ0v) is 10.7. The predicted octanol–water partition coefficient (Wildman–Crippen LogP) is 1.94. The predicted molar refractivity (Wildman–Crippen MR) is 71.8 cm³/mol. The second kappa shape index (κ2) is 4.55. The van der Waals surface area contributed by atoms with Gasteiger partial charge in [0.15, 0.2) is 5.76 Å². The van der Waals surface area contributed by atoms with Crippen LogP contribution < -0.4 is 11.1 Å². The van der Waals surface area contributed by atoms with Crippen molar-refractivity contribution in [3.63, 3.8) is 0 Å². The van der Waals surface area contributed by atoms with Crippen molar-refractivity contribution < 1.29 is 9.21 Å². The number of furan rings is 1. The summed E-state index contributed by atoms with van der Waals surface area (Å²) < 4.78 is 5.21. The third kappa shape index (κ3) is 2.04. The average molecular weight is 256 g/mol. The molecule has 0 radical (unpaired) electrons. The minimum Gasteiger partial charge on any atom is -0.459 e. The Hall–Kier alpha value is -2.07. The van der Waals surface area contributed by atoms with Gasteiger partial charge in [-0.25, -0.2) is 0 Å². The van der Waals surface area contributed by atoms with Gasteiger partial charge in [0.1, 0.15) is 0 Å². The third-order valence-corrected chi connectivity index (χ3v) is 3.63. The summed E-state index contributed by atoms with van der Waals surface area (Å²) in [7, 11) is 0. The maximum absolute atomic E-state index is 12.2. The molecule has 0 fully saturated rings. The summed E-state index contributed by atoms with van der Waals surface area (Å²) in [4.78, 5) is 12.2. The van der Waals surface area contributed by atoms with Gasteiger partial charge in [0.25, 0.3) is 5.91 Å². The second-order valence-corrected chi connectivity index (χ2v) is 4.95. The van der Waals surface area contributed by atoms with Crippen LogP contribution in [0.4, 0.5) is 0 Å². The van der Waals surface area contributed by atoms with Gasteiger partial charge in [0, 0.05) is 11.6 Å². The Labute approximate surface area is 111 Å². The van der Waals surface area contributed by atoms with E-state index in [1.807, 2.05) is 25.1 Å². The first-order chi connectivity index (χ1) is 9.16. The molecule has 2 atom stereocenters. The highest BCUT2D eigenvalue weighted by Crippen LogP contribution is 2.30. The van der Waals surface area contributed by atoms with Gasteiger partial charge < -0.3 is 15.5 Å². The molecule has 2 aromatic rings. The number of carbonyl (C=O) groups excluding carboxylic acids is 1. The van der Waals surface area contributed by atoms with Gasteiger partial charge in [-0.1, -0.05) is 24.3 Å². The molecule has 0 bridgehead atoms. The topological polar surface area (TPSA) is 68.3 Å². The number of aryl methyl sites for hydroxylation is 1. The Morgan fingerprint density at radius 3 is 2.89 bits per heavy atom. The molecule has 1 aliphatic rings. The van der Waals surface area contributed by atoms with Crippen LogP contribution in [0, 0.1) is 6.92 Å². The molecule has 0 saturated carbocycles. The molecular formula is C15H16N2O2. The first kappa shape index (κ1) is 12.0. The molecule has 1 amide bonds. The second-order valence-electron chi connectivity index (χ2n) is 4.95. The minimum absolute atomic E-state index is 0.0865. The molecule has 0 saturated heterocycles. The molecule has 1 aromatic carbocycles. The molecule has 98 valence electrons. The molecule has 1 heterocycles. The van der Waals surface area contributed by atoms with Crippen molar-refractivity contribution in [1.29, 1.82) is 0 Å². The van der Waals surface area contributed by atoms with Crippen LogP contribution in [0.15, 0.2) is 41.0 Å². The van der Waals surface area contributed by atoms with E-state index in [1.54, 1.807) is 6.07 Å². The van der Waals surface area contributed by atoms with Gasteiger partial charge in [-0.05, 0) is 30.5 Å². The normalized spacial score (nSPS) is 21.2. The van der Waals surface area contributed by atoms with Crippen LogP contribution in [0.5, 0.6) is 0 Å². The van der Waals surface area contributed by atoms with Gasteiger partial charge in [-0.15, -0.1) is 0 Å². The van der Waals surface area contributed by atoms with Crippen LogP contribution in [0.25, 0.3) is 0 Å². The summed E-state index contributed by atoms with van der Waals surface area (Å²) in [5.41, 5.74) is 9.26. The molecule has 4 nitrogen and oxygen atoms in total. The minimum atomic E-state index is -0.209. The fourth-order valence-corrected chi connectivity index (χ4v) is 2.62. The largest absolute Gasteiger partial charge is 0.459 e. The number of carbonyl (C=O) groups is 1. The van der Waals surface area contributed by atoms with Crippen molar-refractivity contribution in [3.05, 3.63) is 59.0 Å². The SMILES string of the molecule is Cc1ccoc1C(=O)NC1c2ccccc2CC1N. The van der Waals surface area contributed by atoms with Crippen molar-refractivity contribution in [2.75, 3.05) is 0 Å². The van der Waals surface area contributed by atoms with Crippen LogP contribution in [-0.2, 0) is 6.42 Å². The van der Waals surface area contributed by atoms with Crippen LogP contribution in [0.1, 0.15) is 33.3 Å². The van der Waals surface area contributed by atoms with Crippen molar-refractivity contribution in [2.24, 2.45) is 5.73 Å². The zero-order chi connectivity index (χ0) is 13.4. The van der Waals surface area contributed by atoms with Crippen LogP contribution in [0.3, 0.4) is 0 Å². The fraction of sp³-hybridized carbons (Fsp3) is 0.267. The first-order valence-electron chi connectivity index (χ1n) is 6.35. The first-order valence-corrected chi connectivity index (χ1v) is 6.35. The van der Waals surface area contributed by atoms with E-state index in [4.69, 9.17) is 10.2 Å². The van der Waals surface area contributed by atoms with E-state index < -0.39 is 0 Å². The standard InChI is InChI=1S/C15H16N2O2/c1-9-6-7-19-14(9)15(18)17-13-11-5-3-2-4-10(11)8-12(13)16/h2-7,12-13H,8,16H2,1H3,(H,17,18). The average Bonchev–Trinajstić information content (AvgIpc) is 2.94. The molecule has 2 unspecified atom stereocenters. The summed E-state index contributed by atoms with van der Waals surface area (Å²) in [6.45, 7) is 1.85. The van der Waals surface area contributed by atoms with E-state index >= 15 is 0 Å². The third-order valence-electron chi connectivity index (χ3n) is 3.63. The highest BCUT2D eigenvalue weighted by atomic mass is 16.3. The molecule has 3 rings (SSSR count). The van der Waals surface area contributed by atoms with E-state index in [2.05, 4.69) is 11.4 Å². The van der Waals surface area contributed by atoms with E-state index in [0.717, 1.165) is 17.5 Å². The molecule has 1 aliphatic carbocycles. The highest BCUT2D eigenvalue weighted by Gasteiger charge is 2.31. The molecule has 0 spiro atoms. The number of fused-ring (bicyclic) bond motifs is 1. The molecule has 3 N–H and O–H groups in total. The summed E-state index contributed by atoms with van der Waals surface area (Å²) in [6.07, 6.45) is 2.31. The number of nitrogens with one attached hydrogen (secondary N) is 1. The maximum atomic E-state index is 12.2. The lowest BCUT2D eigenvalue weighted by Crippen LogP contribution is -2.38. The quantitative estimate of drug-likeness (QED) is 0.862. The molecule has 0 aliphatic heterocycles. The van der Waals surface area contributed by atoms with Gasteiger partial charge in [0.05, 0.1) is 12.3 Å². The summed E-state index contributed by atoms with van der Waals surface area (Å²) in [6, 6.07) is 9.57. The maximum Gasteiger partial charge on any atom is 0.287 e. The Balaban J connectivity index is 1.84. The van der Waals surface area contributed by atoms with Crippen molar-refractivity contribution in [2.45, 2.75) is 25.4 Å². The Morgan fingerprint density at radius 2 is 2.16 bits per heavy atom. The lowest BCUT2D eigenvalue weighted by Gasteiger charge is -2.18. The Bertz CT molecular complexity index is 618. The fourth-order valence-electron chi connectivity index (χ4n) is 2.62. The number of rotatable bonds is 2.